The topological polar surface area (TPSA) is 54.4 Å². The molecule has 5 heteroatoms. The van der Waals surface area contributed by atoms with Crippen LogP contribution in [-0.2, 0) is 0 Å². The smallest absolute Gasteiger partial charge is 0.336 e. The molecule has 0 aliphatic carbocycles. The number of carboxylic acids is 1. The Kier molecular flexibility index (Phi) is 4.47. The van der Waals surface area contributed by atoms with Gasteiger partial charge < -0.3 is 5.11 Å². The Morgan fingerprint density at radius 2 is 1.75 bits per heavy atom. The van der Waals surface area contributed by atoms with Crippen LogP contribution in [0.5, 0.6) is 0 Å². The Labute approximate surface area is 125 Å². The fourth-order valence-corrected chi connectivity index (χ4v) is 2.94. The number of carbonyl (C=O) groups is 2. The molecular weight excluding hydrogens is 296 g/mol. The van der Waals surface area contributed by atoms with Gasteiger partial charge in [-0.1, -0.05) is 29.4 Å². The van der Waals surface area contributed by atoms with Gasteiger partial charge in [0.25, 0.3) is 0 Å². The van der Waals surface area contributed by atoms with Crippen LogP contribution in [0, 0.1) is 0 Å². The van der Waals surface area contributed by atoms with E-state index in [1.165, 1.54) is 24.8 Å². The highest BCUT2D eigenvalue weighted by Crippen LogP contribution is 2.33. The van der Waals surface area contributed by atoms with Crippen molar-refractivity contribution in [2.75, 3.05) is 0 Å². The van der Waals surface area contributed by atoms with Gasteiger partial charge in [-0.3, -0.25) is 4.79 Å². The number of benzene rings is 2. The lowest BCUT2D eigenvalue weighted by atomic mass is 10.0. The van der Waals surface area contributed by atoms with E-state index in [4.69, 9.17) is 16.7 Å². The van der Waals surface area contributed by atoms with Gasteiger partial charge in [0.2, 0.25) is 0 Å². The van der Waals surface area contributed by atoms with Gasteiger partial charge in [0.05, 0.1) is 5.56 Å². The van der Waals surface area contributed by atoms with E-state index in [1.54, 1.807) is 24.3 Å². The lowest BCUT2D eigenvalue weighted by Gasteiger charge is -2.09. The Hall–Kier alpha value is -1.78. The maximum absolute atomic E-state index is 11.7. The third-order valence-electron chi connectivity index (χ3n) is 2.65. The molecule has 0 aliphatic rings. The second-order valence-corrected chi connectivity index (χ2v) is 5.65. The molecule has 2 aromatic rings. The molecule has 0 fully saturated rings. The minimum absolute atomic E-state index is 0.0245. The summed E-state index contributed by atoms with van der Waals surface area (Å²) in [5.74, 6) is -1.37. The average Bonchev–Trinajstić information content (AvgIpc) is 2.40. The molecular formula is C15H11ClO3S. The number of rotatable bonds is 4. The Bertz CT molecular complexity index is 665. The molecule has 0 unspecified atom stereocenters. The van der Waals surface area contributed by atoms with Crippen LogP contribution in [0.15, 0.2) is 52.3 Å². The van der Waals surface area contributed by atoms with Crippen molar-refractivity contribution in [2.24, 2.45) is 0 Å². The lowest BCUT2D eigenvalue weighted by molar-refractivity contribution is 0.0692. The molecule has 0 spiro atoms. The van der Waals surface area contributed by atoms with Crippen molar-refractivity contribution in [2.45, 2.75) is 16.7 Å². The summed E-state index contributed by atoms with van der Waals surface area (Å²) in [5, 5.41) is 9.79. The van der Waals surface area contributed by atoms with Gasteiger partial charge in [0.1, 0.15) is 0 Å². The Balaban J connectivity index is 2.46. The second kappa shape index (κ2) is 6.11. The molecule has 0 heterocycles. The van der Waals surface area contributed by atoms with Crippen molar-refractivity contribution in [3.8, 4) is 0 Å². The first-order chi connectivity index (χ1) is 9.49. The fraction of sp³-hybridized carbons (Fsp3) is 0.0667. The zero-order valence-electron chi connectivity index (χ0n) is 10.6. The summed E-state index contributed by atoms with van der Waals surface area (Å²) in [6.45, 7) is 1.37. The summed E-state index contributed by atoms with van der Waals surface area (Å²) in [6, 6.07) is 12.0. The van der Waals surface area contributed by atoms with E-state index in [0.717, 1.165) is 4.90 Å². The quantitative estimate of drug-likeness (QED) is 0.851. The van der Waals surface area contributed by atoms with Gasteiger partial charge in [-0.25, -0.2) is 4.79 Å². The molecule has 1 N–H and O–H groups in total. The number of carbonyl (C=O) groups excluding carboxylic acids is 1. The van der Waals surface area contributed by atoms with E-state index in [0.29, 0.717) is 9.92 Å². The minimum Gasteiger partial charge on any atom is -0.478 e. The highest BCUT2D eigenvalue weighted by atomic mass is 35.5. The summed E-state index contributed by atoms with van der Waals surface area (Å²) in [4.78, 5) is 24.4. The van der Waals surface area contributed by atoms with Gasteiger partial charge in [-0.05, 0) is 43.3 Å². The highest BCUT2D eigenvalue weighted by molar-refractivity contribution is 7.99. The van der Waals surface area contributed by atoms with Crippen molar-refractivity contribution < 1.29 is 14.7 Å². The predicted molar refractivity (Wildman–Crippen MR) is 79.0 cm³/mol. The SMILES string of the molecule is CC(=O)c1c(Sc2ccc(Cl)cc2)cccc1C(=O)O. The van der Waals surface area contributed by atoms with Crippen LogP contribution >= 0.6 is 23.4 Å². The number of hydrogen-bond donors (Lipinski definition) is 1. The lowest BCUT2D eigenvalue weighted by Crippen LogP contribution is -2.07. The molecule has 0 saturated carbocycles. The highest BCUT2D eigenvalue weighted by Gasteiger charge is 2.18. The van der Waals surface area contributed by atoms with E-state index >= 15 is 0 Å². The van der Waals surface area contributed by atoms with Crippen molar-refractivity contribution in [3.63, 3.8) is 0 Å². The van der Waals surface area contributed by atoms with Gasteiger partial charge in [-0.15, -0.1) is 0 Å². The Morgan fingerprint density at radius 3 is 2.30 bits per heavy atom. The first-order valence-electron chi connectivity index (χ1n) is 5.79. The molecule has 0 bridgehead atoms. The number of hydrogen-bond acceptors (Lipinski definition) is 3. The zero-order chi connectivity index (χ0) is 14.7. The molecule has 0 saturated heterocycles. The van der Waals surface area contributed by atoms with E-state index < -0.39 is 5.97 Å². The fourth-order valence-electron chi connectivity index (χ4n) is 1.79. The maximum atomic E-state index is 11.7. The first-order valence-corrected chi connectivity index (χ1v) is 6.99. The van der Waals surface area contributed by atoms with Gasteiger partial charge in [0, 0.05) is 20.4 Å². The molecule has 0 amide bonds. The normalized spacial score (nSPS) is 10.3. The van der Waals surface area contributed by atoms with Crippen LogP contribution in [0.1, 0.15) is 27.6 Å². The van der Waals surface area contributed by atoms with Crippen LogP contribution in [0.3, 0.4) is 0 Å². The predicted octanol–water partition coefficient (Wildman–Crippen LogP) is 4.39. The molecule has 0 aromatic heterocycles. The van der Waals surface area contributed by atoms with Crippen LogP contribution in [0.2, 0.25) is 5.02 Å². The molecule has 3 nitrogen and oxygen atoms in total. The Morgan fingerprint density at radius 1 is 1.10 bits per heavy atom. The average molecular weight is 307 g/mol. The van der Waals surface area contributed by atoms with Crippen LogP contribution in [-0.4, -0.2) is 16.9 Å². The van der Waals surface area contributed by atoms with E-state index in [2.05, 4.69) is 0 Å². The first kappa shape index (κ1) is 14.6. The number of aromatic carboxylic acids is 1. The van der Waals surface area contributed by atoms with E-state index in [9.17, 15) is 9.59 Å². The summed E-state index contributed by atoms with van der Waals surface area (Å²) < 4.78 is 0. The molecule has 2 aromatic carbocycles. The number of ketones is 1. The number of carboxylic acid groups (broad SMARTS) is 1. The van der Waals surface area contributed by atoms with Crippen molar-refractivity contribution in [1.82, 2.24) is 0 Å². The largest absolute Gasteiger partial charge is 0.478 e. The van der Waals surface area contributed by atoms with E-state index in [-0.39, 0.29) is 16.9 Å². The number of halogens is 1. The van der Waals surface area contributed by atoms with Gasteiger partial charge >= 0.3 is 5.97 Å². The maximum Gasteiger partial charge on any atom is 0.336 e. The summed E-state index contributed by atoms with van der Waals surface area (Å²) in [5.41, 5.74) is 0.261. The zero-order valence-corrected chi connectivity index (χ0v) is 12.2. The second-order valence-electron chi connectivity index (χ2n) is 4.10. The van der Waals surface area contributed by atoms with Gasteiger partial charge in [0.15, 0.2) is 5.78 Å². The standard InChI is InChI=1S/C15H11ClO3S/c1-9(17)14-12(15(18)19)3-2-4-13(14)20-11-7-5-10(16)6-8-11/h2-8H,1H3,(H,18,19). The van der Waals surface area contributed by atoms with Crippen molar-refractivity contribution in [3.05, 3.63) is 58.6 Å². The summed E-state index contributed by atoms with van der Waals surface area (Å²) >= 11 is 7.16. The third kappa shape index (κ3) is 3.21. The number of Topliss-reactive ketones (excluding diaryl/α,β-unsaturated/α-hetero) is 1. The molecule has 0 aliphatic heterocycles. The summed E-state index contributed by atoms with van der Waals surface area (Å²) in [6.07, 6.45) is 0. The monoisotopic (exact) mass is 306 g/mol. The van der Waals surface area contributed by atoms with Gasteiger partial charge in [-0.2, -0.15) is 0 Å². The van der Waals surface area contributed by atoms with Crippen LogP contribution < -0.4 is 0 Å². The van der Waals surface area contributed by atoms with Crippen molar-refractivity contribution in [1.29, 1.82) is 0 Å². The summed E-state index contributed by atoms with van der Waals surface area (Å²) in [7, 11) is 0. The molecule has 2 rings (SSSR count). The van der Waals surface area contributed by atoms with Crippen LogP contribution in [0.4, 0.5) is 0 Å². The molecule has 102 valence electrons. The molecule has 0 radical (unpaired) electrons. The van der Waals surface area contributed by atoms with Crippen molar-refractivity contribution >= 4 is 35.1 Å². The van der Waals surface area contributed by atoms with E-state index in [1.807, 2.05) is 12.1 Å². The minimum atomic E-state index is -1.10. The molecule has 20 heavy (non-hydrogen) atoms. The van der Waals surface area contributed by atoms with Crippen LogP contribution in [0.25, 0.3) is 0 Å². The third-order valence-corrected chi connectivity index (χ3v) is 3.97. The molecule has 0 atom stereocenters.